The highest BCUT2D eigenvalue weighted by molar-refractivity contribution is 8.15. The molecular formula is C22H22N4O8S2. The van der Waals surface area contributed by atoms with Crippen molar-refractivity contribution in [2.75, 3.05) is 23.8 Å². The first kappa shape index (κ1) is 26.8. The second kappa shape index (κ2) is 11.3. The van der Waals surface area contributed by atoms with E-state index in [9.17, 15) is 32.4 Å². The monoisotopic (exact) mass is 534 g/mol. The number of nitrogens with zero attached hydrogens (tertiary/aromatic N) is 1. The standard InChI is InChI=1S/C22H22N4O8S2/c1-2-34-21(30)13-3-5-14(6-4-13)24-18(27)11-17-20(29)26(22(31)35-17)12-19(28)25-15-7-9-16(10-8-15)36(23,32)33/h3-10,17H,2,11-12H2,1H3,(H,24,27)(H,25,28)(H2,23,32,33)/t17-/m0/s1. The van der Waals surface area contributed by atoms with E-state index in [4.69, 9.17) is 9.88 Å². The molecule has 1 heterocycles. The Morgan fingerprint density at radius 3 is 2.08 bits per heavy atom. The Kier molecular flexibility index (Phi) is 8.45. The van der Waals surface area contributed by atoms with Gasteiger partial charge >= 0.3 is 5.97 Å². The number of thioether (sulfide) groups is 1. The fourth-order valence-corrected chi connectivity index (χ4v) is 4.63. The summed E-state index contributed by atoms with van der Waals surface area (Å²) in [7, 11) is -3.89. The number of ether oxygens (including phenoxy) is 1. The molecule has 2 aromatic rings. The molecule has 0 saturated carbocycles. The van der Waals surface area contributed by atoms with Gasteiger partial charge in [-0.15, -0.1) is 0 Å². The van der Waals surface area contributed by atoms with Gasteiger partial charge < -0.3 is 15.4 Å². The lowest BCUT2D eigenvalue weighted by molar-refractivity contribution is -0.131. The van der Waals surface area contributed by atoms with Crippen molar-refractivity contribution in [2.24, 2.45) is 5.14 Å². The van der Waals surface area contributed by atoms with Gasteiger partial charge in [-0.3, -0.25) is 24.1 Å². The van der Waals surface area contributed by atoms with E-state index in [0.29, 0.717) is 23.0 Å². The molecule has 4 amide bonds. The molecule has 0 bridgehead atoms. The molecule has 0 aromatic heterocycles. The molecule has 0 spiro atoms. The second-order valence-electron chi connectivity index (χ2n) is 7.46. The van der Waals surface area contributed by atoms with Crippen LogP contribution in [0.3, 0.4) is 0 Å². The van der Waals surface area contributed by atoms with Gasteiger partial charge in [-0.05, 0) is 55.5 Å². The minimum absolute atomic E-state index is 0.141. The summed E-state index contributed by atoms with van der Waals surface area (Å²) in [5, 5.41) is 8.39. The van der Waals surface area contributed by atoms with Crippen LogP contribution in [0.2, 0.25) is 0 Å². The summed E-state index contributed by atoms with van der Waals surface area (Å²) >= 11 is 0.640. The predicted molar refractivity (Wildman–Crippen MR) is 131 cm³/mol. The van der Waals surface area contributed by atoms with Crippen molar-refractivity contribution in [3.8, 4) is 0 Å². The molecule has 2 aromatic carbocycles. The maximum absolute atomic E-state index is 12.6. The molecule has 36 heavy (non-hydrogen) atoms. The van der Waals surface area contributed by atoms with Crippen molar-refractivity contribution >= 4 is 62.1 Å². The Bertz CT molecular complexity index is 1290. The van der Waals surface area contributed by atoms with E-state index in [0.717, 1.165) is 4.90 Å². The number of anilines is 2. The molecule has 1 atom stereocenters. The maximum Gasteiger partial charge on any atom is 0.338 e. The highest BCUT2D eigenvalue weighted by Gasteiger charge is 2.41. The van der Waals surface area contributed by atoms with E-state index in [1.807, 2.05) is 0 Å². The van der Waals surface area contributed by atoms with Gasteiger partial charge in [-0.1, -0.05) is 11.8 Å². The molecule has 3 rings (SSSR count). The number of primary sulfonamides is 1. The summed E-state index contributed by atoms with van der Waals surface area (Å²) in [6.45, 7) is 1.34. The number of rotatable bonds is 9. The first-order valence-electron chi connectivity index (χ1n) is 10.5. The smallest absolute Gasteiger partial charge is 0.338 e. The van der Waals surface area contributed by atoms with Gasteiger partial charge in [-0.25, -0.2) is 18.4 Å². The molecule has 1 aliphatic rings. The Morgan fingerprint density at radius 2 is 1.53 bits per heavy atom. The van der Waals surface area contributed by atoms with E-state index in [-0.39, 0.29) is 23.6 Å². The van der Waals surface area contributed by atoms with Crippen LogP contribution in [0, 0.1) is 0 Å². The van der Waals surface area contributed by atoms with Crippen LogP contribution in [0.4, 0.5) is 16.2 Å². The lowest BCUT2D eigenvalue weighted by Gasteiger charge is -2.14. The normalized spacial score (nSPS) is 15.5. The topological polar surface area (TPSA) is 182 Å². The van der Waals surface area contributed by atoms with E-state index >= 15 is 0 Å². The SMILES string of the molecule is CCOC(=O)c1ccc(NC(=O)C[C@@H]2SC(=O)N(CC(=O)Nc3ccc(S(N)(=O)=O)cc3)C2=O)cc1. The summed E-state index contributed by atoms with van der Waals surface area (Å²) in [5.74, 6) is -2.39. The van der Waals surface area contributed by atoms with Crippen molar-refractivity contribution in [3.05, 3.63) is 54.1 Å². The molecule has 1 aliphatic heterocycles. The number of carbonyl (C=O) groups excluding carboxylic acids is 5. The quantitative estimate of drug-likeness (QED) is 0.402. The molecule has 4 N–H and O–H groups in total. The van der Waals surface area contributed by atoms with E-state index in [1.54, 1.807) is 6.92 Å². The summed E-state index contributed by atoms with van der Waals surface area (Å²) in [6.07, 6.45) is -0.304. The number of nitrogens with two attached hydrogens (primary N) is 1. The van der Waals surface area contributed by atoms with Gasteiger partial charge in [0.1, 0.15) is 11.8 Å². The third-order valence-electron chi connectivity index (χ3n) is 4.82. The number of hydrogen-bond donors (Lipinski definition) is 3. The zero-order chi connectivity index (χ0) is 26.5. The molecule has 0 radical (unpaired) electrons. The lowest BCUT2D eigenvalue weighted by atomic mass is 10.2. The summed E-state index contributed by atoms with van der Waals surface area (Å²) < 4.78 is 27.5. The Balaban J connectivity index is 1.53. The minimum Gasteiger partial charge on any atom is -0.462 e. The fourth-order valence-electron chi connectivity index (χ4n) is 3.13. The van der Waals surface area contributed by atoms with Crippen LogP contribution in [0.25, 0.3) is 0 Å². The van der Waals surface area contributed by atoms with Crippen LogP contribution in [-0.4, -0.2) is 60.6 Å². The van der Waals surface area contributed by atoms with Gasteiger partial charge in [0.05, 0.1) is 17.1 Å². The van der Waals surface area contributed by atoms with Crippen molar-refractivity contribution in [3.63, 3.8) is 0 Å². The van der Waals surface area contributed by atoms with Crippen molar-refractivity contribution in [1.29, 1.82) is 0 Å². The Labute approximate surface area is 210 Å². The van der Waals surface area contributed by atoms with Crippen LogP contribution in [0.5, 0.6) is 0 Å². The van der Waals surface area contributed by atoms with Crippen molar-refractivity contribution in [2.45, 2.75) is 23.5 Å². The number of sulfonamides is 1. The lowest BCUT2D eigenvalue weighted by Crippen LogP contribution is -2.38. The molecule has 1 saturated heterocycles. The van der Waals surface area contributed by atoms with Crippen molar-refractivity contribution in [1.82, 2.24) is 4.90 Å². The zero-order valence-electron chi connectivity index (χ0n) is 18.9. The molecule has 190 valence electrons. The molecule has 14 heteroatoms. The highest BCUT2D eigenvalue weighted by atomic mass is 32.2. The van der Waals surface area contributed by atoms with E-state index in [2.05, 4.69) is 10.6 Å². The van der Waals surface area contributed by atoms with Crippen LogP contribution < -0.4 is 15.8 Å². The van der Waals surface area contributed by atoms with Crippen LogP contribution in [0.15, 0.2) is 53.4 Å². The number of imide groups is 1. The maximum atomic E-state index is 12.6. The molecule has 1 fully saturated rings. The van der Waals surface area contributed by atoms with Gasteiger partial charge in [0.2, 0.25) is 27.7 Å². The van der Waals surface area contributed by atoms with Gasteiger partial charge in [0, 0.05) is 17.8 Å². The van der Waals surface area contributed by atoms with Crippen LogP contribution >= 0.6 is 11.8 Å². The molecule has 12 nitrogen and oxygen atoms in total. The van der Waals surface area contributed by atoms with Gasteiger partial charge in [0.25, 0.3) is 5.24 Å². The average molecular weight is 535 g/mol. The third kappa shape index (κ3) is 6.90. The summed E-state index contributed by atoms with van der Waals surface area (Å²) in [5.41, 5.74) is 0.944. The number of nitrogens with one attached hydrogen (secondary N) is 2. The molecular weight excluding hydrogens is 512 g/mol. The summed E-state index contributed by atoms with van der Waals surface area (Å²) in [4.78, 5) is 61.9. The number of amides is 4. The minimum atomic E-state index is -3.89. The molecule has 0 aliphatic carbocycles. The summed E-state index contributed by atoms with van der Waals surface area (Å²) in [6, 6.07) is 11.0. The van der Waals surface area contributed by atoms with E-state index in [1.165, 1.54) is 48.5 Å². The van der Waals surface area contributed by atoms with E-state index < -0.39 is 50.7 Å². The number of esters is 1. The number of benzene rings is 2. The second-order valence-corrected chi connectivity index (χ2v) is 10.2. The first-order valence-corrected chi connectivity index (χ1v) is 12.9. The fraction of sp³-hybridized carbons (Fsp3) is 0.227. The van der Waals surface area contributed by atoms with Crippen LogP contribution in [-0.2, 0) is 29.1 Å². The van der Waals surface area contributed by atoms with Crippen molar-refractivity contribution < 1.29 is 37.1 Å². The largest absolute Gasteiger partial charge is 0.462 e. The van der Waals surface area contributed by atoms with Crippen LogP contribution in [0.1, 0.15) is 23.7 Å². The average Bonchev–Trinajstić information content (AvgIpc) is 3.06. The Morgan fingerprint density at radius 1 is 0.972 bits per heavy atom. The predicted octanol–water partition coefficient (Wildman–Crippen LogP) is 1.54. The number of hydrogen-bond acceptors (Lipinski definition) is 9. The Hall–Kier alpha value is -3.75. The number of carbonyl (C=O) groups is 5. The third-order valence-corrected chi connectivity index (χ3v) is 6.83. The van der Waals surface area contributed by atoms with Gasteiger partial charge in [-0.2, -0.15) is 0 Å². The highest BCUT2D eigenvalue weighted by Crippen LogP contribution is 2.29. The molecule has 0 unspecified atom stereocenters. The first-order chi connectivity index (χ1) is 17.0. The van der Waals surface area contributed by atoms with Gasteiger partial charge in [0.15, 0.2) is 0 Å². The zero-order valence-corrected chi connectivity index (χ0v) is 20.6.